The molecular formula is C16H36Ti. The number of hydrogen-bond donors (Lipinski definition) is 0. The molecule has 17 heavy (non-hydrogen) atoms. The van der Waals surface area contributed by atoms with Crippen molar-refractivity contribution < 1.29 is 21.7 Å². The van der Waals surface area contributed by atoms with E-state index in [1.54, 1.807) is 0 Å². The molecule has 0 heterocycles. The van der Waals surface area contributed by atoms with Gasteiger partial charge in [-0.2, -0.15) is 83.1 Å². The Kier molecular flexibility index (Phi) is 46.0. The Bertz CT molecular complexity index is 48.5. The van der Waals surface area contributed by atoms with Crippen LogP contribution in [-0.2, 0) is 21.7 Å². The molecule has 0 spiro atoms. The van der Waals surface area contributed by atoms with Crippen molar-refractivity contribution in [3.63, 3.8) is 0 Å². The molecule has 0 aliphatic rings. The summed E-state index contributed by atoms with van der Waals surface area (Å²) in [7, 11) is 0. The topological polar surface area (TPSA) is 0 Å². The van der Waals surface area contributed by atoms with Crippen LogP contribution >= 0.6 is 0 Å². The molecule has 0 unspecified atom stereocenters. The molecule has 104 valence electrons. The molecule has 0 fully saturated rings. The van der Waals surface area contributed by atoms with Crippen molar-refractivity contribution in [1.29, 1.82) is 0 Å². The summed E-state index contributed by atoms with van der Waals surface area (Å²) in [5, 5.41) is 0. The maximum atomic E-state index is 2.08. The minimum Gasteiger partial charge on any atom is -0.323 e. The fourth-order valence-corrected chi connectivity index (χ4v) is 0. The van der Waals surface area contributed by atoms with E-state index in [2.05, 4.69) is 83.1 Å². The summed E-state index contributed by atoms with van der Waals surface area (Å²) < 4.78 is 0. The van der Waals surface area contributed by atoms with Gasteiger partial charge in [0.05, 0.1) is 0 Å². The number of rotatable bonds is 0. The van der Waals surface area contributed by atoms with Crippen LogP contribution in [-0.4, -0.2) is 0 Å². The van der Waals surface area contributed by atoms with E-state index in [4.69, 9.17) is 0 Å². The molecule has 0 saturated carbocycles. The molecule has 0 aromatic rings. The largest absolute Gasteiger partial charge is 4.00 e. The molecule has 0 aliphatic carbocycles. The molecule has 0 rings (SSSR count). The Morgan fingerprint density at radius 3 is 0.294 bits per heavy atom. The van der Waals surface area contributed by atoms with E-state index in [1.807, 2.05) is 0 Å². The van der Waals surface area contributed by atoms with Gasteiger partial charge in [-0.25, -0.2) is 0 Å². The molecule has 0 N–H and O–H groups in total. The third-order valence-electron chi connectivity index (χ3n) is 0. The second kappa shape index (κ2) is 25.5. The van der Waals surface area contributed by atoms with Crippen LogP contribution in [0.1, 0.15) is 83.1 Å². The summed E-state index contributed by atoms with van der Waals surface area (Å²) in [6.45, 7) is 25.0. The van der Waals surface area contributed by atoms with Gasteiger partial charge in [0, 0.05) is 0 Å². The monoisotopic (exact) mass is 276 g/mol. The molecule has 0 aromatic carbocycles. The molecule has 0 saturated heterocycles. The fraction of sp³-hybridized carbons (Fsp3) is 0.750. The predicted molar refractivity (Wildman–Crippen MR) is 81.1 cm³/mol. The van der Waals surface area contributed by atoms with Gasteiger partial charge in [-0.05, 0) is 0 Å². The van der Waals surface area contributed by atoms with Gasteiger partial charge in [-0.15, -0.1) is 0 Å². The van der Waals surface area contributed by atoms with E-state index in [0.29, 0.717) is 0 Å². The van der Waals surface area contributed by atoms with E-state index >= 15 is 0 Å². The van der Waals surface area contributed by atoms with E-state index in [1.165, 1.54) is 23.7 Å². The second-order valence-electron chi connectivity index (χ2n) is 6.00. The van der Waals surface area contributed by atoms with E-state index in [9.17, 15) is 0 Å². The zero-order valence-electron chi connectivity index (χ0n) is 14.5. The zero-order chi connectivity index (χ0) is 14.3. The van der Waals surface area contributed by atoms with Crippen LogP contribution in [0.2, 0.25) is 0 Å². The quantitative estimate of drug-likeness (QED) is 0.351. The van der Waals surface area contributed by atoms with Gasteiger partial charge in [0.15, 0.2) is 0 Å². The van der Waals surface area contributed by atoms with Crippen molar-refractivity contribution in [1.82, 2.24) is 0 Å². The Morgan fingerprint density at radius 2 is 0.294 bits per heavy atom. The van der Waals surface area contributed by atoms with E-state index in [-0.39, 0.29) is 21.7 Å². The van der Waals surface area contributed by atoms with Gasteiger partial charge < -0.3 is 23.7 Å². The first-order chi connectivity index (χ1) is 6.93. The average molecular weight is 276 g/mol. The Labute approximate surface area is 128 Å². The normalized spacial score (nSPS) is 8.47. The fourth-order valence-electron chi connectivity index (χ4n) is 0. The summed E-state index contributed by atoms with van der Waals surface area (Å²) in [6, 6.07) is 0. The Balaban J connectivity index is -0.0000000369. The van der Waals surface area contributed by atoms with Crippen LogP contribution in [0.5, 0.6) is 0 Å². The Hall–Kier alpha value is 0.714. The van der Waals surface area contributed by atoms with Crippen LogP contribution in [0, 0.1) is 23.7 Å². The van der Waals surface area contributed by atoms with Crippen LogP contribution < -0.4 is 0 Å². The van der Waals surface area contributed by atoms with Crippen molar-refractivity contribution in [2.24, 2.45) is 0 Å². The third-order valence-corrected chi connectivity index (χ3v) is 0. The standard InChI is InChI=1S/4C4H9.Ti/c4*1-4(2)3;/h4*1-3H3;/q4*-1;+4. The van der Waals surface area contributed by atoms with Crippen LogP contribution in [0.25, 0.3) is 0 Å². The maximum absolute atomic E-state index is 2.08. The Morgan fingerprint density at radius 1 is 0.294 bits per heavy atom. The van der Waals surface area contributed by atoms with Crippen molar-refractivity contribution in [2.75, 3.05) is 0 Å². The first kappa shape index (κ1) is 30.6. The minimum absolute atomic E-state index is 0. The first-order valence-electron chi connectivity index (χ1n) is 6.00. The molecule has 0 bridgehead atoms. The van der Waals surface area contributed by atoms with Gasteiger partial charge >= 0.3 is 21.7 Å². The first-order valence-corrected chi connectivity index (χ1v) is 6.00. The third kappa shape index (κ3) is 7090. The van der Waals surface area contributed by atoms with Crippen LogP contribution in [0.15, 0.2) is 0 Å². The predicted octanol–water partition coefficient (Wildman–Crippen LogP) is 6.48. The SMILES string of the molecule is C[C-](C)C.C[C-](C)C.C[C-](C)C.C[C-](C)C.[Ti+4]. The summed E-state index contributed by atoms with van der Waals surface area (Å²) in [5.74, 6) is 5.67. The summed E-state index contributed by atoms with van der Waals surface area (Å²) in [5.41, 5.74) is 0. The summed E-state index contributed by atoms with van der Waals surface area (Å²) >= 11 is 0. The second-order valence-corrected chi connectivity index (χ2v) is 6.00. The van der Waals surface area contributed by atoms with Crippen molar-refractivity contribution >= 4 is 0 Å². The molecule has 0 radical (unpaired) electrons. The molecule has 0 atom stereocenters. The molecular weight excluding hydrogens is 240 g/mol. The van der Waals surface area contributed by atoms with E-state index in [0.717, 1.165) is 0 Å². The zero-order valence-corrected chi connectivity index (χ0v) is 16.1. The van der Waals surface area contributed by atoms with E-state index < -0.39 is 0 Å². The minimum atomic E-state index is 0. The number of hydrogen-bond acceptors (Lipinski definition) is 0. The van der Waals surface area contributed by atoms with Gasteiger partial charge in [-0.1, -0.05) is 0 Å². The molecule has 0 aromatic heterocycles. The molecule has 0 nitrogen and oxygen atoms in total. The van der Waals surface area contributed by atoms with Crippen molar-refractivity contribution in [3.8, 4) is 0 Å². The smallest absolute Gasteiger partial charge is 0.323 e. The average Bonchev–Trinajstić information content (AvgIpc) is 1.76. The van der Waals surface area contributed by atoms with Gasteiger partial charge in [-0.3, -0.25) is 0 Å². The molecule has 0 aliphatic heterocycles. The van der Waals surface area contributed by atoms with Gasteiger partial charge in [0.2, 0.25) is 0 Å². The van der Waals surface area contributed by atoms with Gasteiger partial charge in [0.1, 0.15) is 0 Å². The van der Waals surface area contributed by atoms with Crippen molar-refractivity contribution in [2.45, 2.75) is 83.1 Å². The summed E-state index contributed by atoms with van der Waals surface area (Å²) in [6.07, 6.45) is 0. The summed E-state index contributed by atoms with van der Waals surface area (Å²) in [4.78, 5) is 0. The van der Waals surface area contributed by atoms with Crippen LogP contribution in [0.4, 0.5) is 0 Å². The molecule has 0 amide bonds. The molecule has 1 heteroatoms. The van der Waals surface area contributed by atoms with Crippen LogP contribution in [0.3, 0.4) is 0 Å². The van der Waals surface area contributed by atoms with Gasteiger partial charge in [0.25, 0.3) is 0 Å². The van der Waals surface area contributed by atoms with Crippen molar-refractivity contribution in [3.05, 3.63) is 23.7 Å². The maximum Gasteiger partial charge on any atom is 4.00 e.